The number of nitriles is 1. The molecule has 0 spiro atoms. The van der Waals surface area contributed by atoms with Gasteiger partial charge in [-0.15, -0.1) is 0 Å². The number of aryl methyl sites for hydroxylation is 1. The summed E-state index contributed by atoms with van der Waals surface area (Å²) in [6.07, 6.45) is 1.34. The summed E-state index contributed by atoms with van der Waals surface area (Å²) in [6.45, 7) is 1.78. The van der Waals surface area contributed by atoms with E-state index in [0.29, 0.717) is 28.2 Å². The minimum absolute atomic E-state index is 0.264. The quantitative estimate of drug-likeness (QED) is 0.719. The first kappa shape index (κ1) is 18.6. The molecular formula is C18H18N6O2S. The summed E-state index contributed by atoms with van der Waals surface area (Å²) in [7, 11) is 0.0312. The lowest BCUT2D eigenvalue weighted by Crippen LogP contribution is -2.21. The highest BCUT2D eigenvalue weighted by molar-refractivity contribution is 7.90. The number of hydrogen-bond acceptors (Lipinski definition) is 5. The fraction of sp³-hybridized carbons (Fsp3) is 0.167. The Morgan fingerprint density at radius 3 is 2.41 bits per heavy atom. The SMILES string of the molecule is Cc1[nH]n(-c2ccc([S@@](=N)(=O)N(C)C)cn2)c(=O)c1-c1ccc(C#N)cc1. The van der Waals surface area contributed by atoms with Crippen LogP contribution in [0, 0.1) is 23.0 Å². The van der Waals surface area contributed by atoms with E-state index in [9.17, 15) is 9.00 Å². The summed E-state index contributed by atoms with van der Waals surface area (Å²) in [5.41, 5.74) is 2.09. The van der Waals surface area contributed by atoms with E-state index in [0.717, 1.165) is 0 Å². The number of aromatic nitrogens is 3. The van der Waals surface area contributed by atoms with Crippen molar-refractivity contribution in [3.63, 3.8) is 0 Å². The third-order valence-electron chi connectivity index (χ3n) is 4.16. The average molecular weight is 382 g/mol. The average Bonchev–Trinajstić information content (AvgIpc) is 2.96. The van der Waals surface area contributed by atoms with Crippen LogP contribution in [0.25, 0.3) is 16.9 Å². The zero-order valence-corrected chi connectivity index (χ0v) is 15.9. The molecule has 0 aliphatic rings. The second-order valence-corrected chi connectivity index (χ2v) is 8.39. The molecule has 8 nitrogen and oxygen atoms in total. The van der Waals surface area contributed by atoms with Crippen LogP contribution in [-0.4, -0.2) is 37.4 Å². The third kappa shape index (κ3) is 3.28. The van der Waals surface area contributed by atoms with Crippen molar-refractivity contribution in [1.29, 1.82) is 10.0 Å². The van der Waals surface area contributed by atoms with Gasteiger partial charge in [0.1, 0.15) is 9.92 Å². The Hall–Kier alpha value is -3.22. The maximum absolute atomic E-state index is 12.9. The van der Waals surface area contributed by atoms with E-state index in [-0.39, 0.29) is 10.5 Å². The Bertz CT molecular complexity index is 1180. The summed E-state index contributed by atoms with van der Waals surface area (Å²) >= 11 is 0. The third-order valence-corrected chi connectivity index (χ3v) is 6.07. The van der Waals surface area contributed by atoms with Gasteiger partial charge in [-0.1, -0.05) is 12.1 Å². The Balaban J connectivity index is 2.04. The van der Waals surface area contributed by atoms with E-state index in [1.165, 1.54) is 21.3 Å². The fourth-order valence-electron chi connectivity index (χ4n) is 2.64. The molecule has 0 saturated heterocycles. The second-order valence-electron chi connectivity index (χ2n) is 6.13. The monoisotopic (exact) mass is 382 g/mol. The van der Waals surface area contributed by atoms with E-state index >= 15 is 0 Å². The molecule has 0 aliphatic carbocycles. The molecule has 138 valence electrons. The Labute approximate surface area is 156 Å². The van der Waals surface area contributed by atoms with E-state index in [2.05, 4.69) is 10.1 Å². The van der Waals surface area contributed by atoms with Crippen LogP contribution in [-0.2, 0) is 9.92 Å². The number of benzene rings is 1. The molecule has 9 heteroatoms. The van der Waals surface area contributed by atoms with Gasteiger partial charge in [0.05, 0.1) is 22.1 Å². The van der Waals surface area contributed by atoms with Gasteiger partial charge in [-0.3, -0.25) is 9.89 Å². The number of hydrogen-bond donors (Lipinski definition) is 2. The van der Waals surface area contributed by atoms with Gasteiger partial charge in [0.15, 0.2) is 5.82 Å². The molecule has 27 heavy (non-hydrogen) atoms. The van der Waals surface area contributed by atoms with Gasteiger partial charge in [-0.25, -0.2) is 23.0 Å². The lowest BCUT2D eigenvalue weighted by atomic mass is 10.1. The van der Waals surface area contributed by atoms with Crippen LogP contribution in [0.1, 0.15) is 11.3 Å². The van der Waals surface area contributed by atoms with Gasteiger partial charge in [-0.05, 0) is 36.8 Å². The van der Waals surface area contributed by atoms with Crippen molar-refractivity contribution in [3.8, 4) is 23.0 Å². The smallest absolute Gasteiger partial charge is 0.280 e. The first-order chi connectivity index (χ1) is 12.8. The maximum Gasteiger partial charge on any atom is 0.280 e. The first-order valence-corrected chi connectivity index (χ1v) is 9.52. The van der Waals surface area contributed by atoms with Gasteiger partial charge in [-0.2, -0.15) is 5.26 Å². The molecule has 0 fully saturated rings. The molecule has 3 rings (SSSR count). The van der Waals surface area contributed by atoms with Crippen LogP contribution >= 0.6 is 0 Å². The predicted molar refractivity (Wildman–Crippen MR) is 102 cm³/mol. The summed E-state index contributed by atoms with van der Waals surface area (Å²) < 4.78 is 22.9. The van der Waals surface area contributed by atoms with Crippen LogP contribution in [0.2, 0.25) is 0 Å². The van der Waals surface area contributed by atoms with Crippen LogP contribution in [0.15, 0.2) is 52.3 Å². The van der Waals surface area contributed by atoms with Crippen molar-refractivity contribution < 1.29 is 4.21 Å². The van der Waals surface area contributed by atoms with Gasteiger partial charge < -0.3 is 0 Å². The van der Waals surface area contributed by atoms with E-state index in [4.69, 9.17) is 10.0 Å². The van der Waals surface area contributed by atoms with E-state index < -0.39 is 9.92 Å². The number of aromatic amines is 1. The van der Waals surface area contributed by atoms with Crippen molar-refractivity contribution in [1.82, 2.24) is 19.1 Å². The lowest BCUT2D eigenvalue weighted by Gasteiger charge is -2.14. The van der Waals surface area contributed by atoms with E-state index in [1.807, 2.05) is 6.07 Å². The Morgan fingerprint density at radius 2 is 1.89 bits per heavy atom. The molecule has 2 N–H and O–H groups in total. The highest BCUT2D eigenvalue weighted by Gasteiger charge is 2.17. The summed E-state index contributed by atoms with van der Waals surface area (Å²) in [5, 5.41) is 11.9. The number of pyridine rings is 1. The molecule has 1 aromatic carbocycles. The fourth-order valence-corrected chi connectivity index (χ4v) is 3.51. The Morgan fingerprint density at radius 1 is 1.22 bits per heavy atom. The zero-order chi connectivity index (χ0) is 19.8. The maximum atomic E-state index is 12.9. The minimum Gasteiger partial charge on any atom is -0.293 e. The summed E-state index contributed by atoms with van der Waals surface area (Å²) in [6, 6.07) is 11.9. The highest BCUT2D eigenvalue weighted by Crippen LogP contribution is 2.20. The number of rotatable bonds is 4. The standard InChI is InChI=1S/C18H18N6O2S/c1-12-17(14-6-4-13(10-19)5-7-14)18(25)24(22-12)16-9-8-15(11-21-16)27(20,26)23(2)3/h4-9,11,20,22H,1-3H3/t27-/m0/s1. The molecule has 2 aromatic heterocycles. The van der Waals surface area contributed by atoms with Crippen LogP contribution < -0.4 is 5.56 Å². The number of H-pyrrole nitrogens is 1. The summed E-state index contributed by atoms with van der Waals surface area (Å²) in [5.74, 6) is 0.334. The largest absolute Gasteiger partial charge is 0.293 e. The van der Waals surface area contributed by atoms with Crippen molar-refractivity contribution in [3.05, 3.63) is 64.2 Å². The first-order valence-electron chi connectivity index (χ1n) is 8.00. The molecular weight excluding hydrogens is 364 g/mol. The molecule has 0 saturated carbocycles. The topological polar surface area (TPSA) is 119 Å². The van der Waals surface area contributed by atoms with Crippen LogP contribution in [0.4, 0.5) is 0 Å². The van der Waals surface area contributed by atoms with E-state index in [1.54, 1.807) is 51.4 Å². The molecule has 0 amide bonds. The molecule has 3 aromatic rings. The van der Waals surface area contributed by atoms with Gasteiger partial charge in [0.2, 0.25) is 0 Å². The molecule has 2 heterocycles. The molecule has 0 unspecified atom stereocenters. The van der Waals surface area contributed by atoms with Gasteiger partial charge in [0, 0.05) is 26.0 Å². The molecule has 1 atom stereocenters. The van der Waals surface area contributed by atoms with Crippen molar-refractivity contribution in [2.24, 2.45) is 0 Å². The van der Waals surface area contributed by atoms with Crippen molar-refractivity contribution >= 4 is 9.92 Å². The van der Waals surface area contributed by atoms with Crippen molar-refractivity contribution in [2.45, 2.75) is 11.8 Å². The molecule has 0 aliphatic heterocycles. The lowest BCUT2D eigenvalue weighted by molar-refractivity contribution is 0.588. The number of nitrogens with one attached hydrogen (secondary N) is 2. The second kappa shape index (κ2) is 6.83. The summed E-state index contributed by atoms with van der Waals surface area (Å²) in [4.78, 5) is 17.3. The minimum atomic E-state index is -3.09. The normalized spacial score (nSPS) is 13.3. The zero-order valence-electron chi connectivity index (χ0n) is 15.1. The molecule has 0 radical (unpaired) electrons. The molecule has 0 bridgehead atoms. The Kier molecular flexibility index (Phi) is 4.70. The van der Waals surface area contributed by atoms with Crippen molar-refractivity contribution in [2.75, 3.05) is 14.1 Å². The predicted octanol–water partition coefficient (Wildman–Crippen LogP) is 2.29. The van der Waals surface area contributed by atoms with Gasteiger partial charge >= 0.3 is 0 Å². The van der Waals surface area contributed by atoms with Gasteiger partial charge in [0.25, 0.3) is 5.56 Å². The van der Waals surface area contributed by atoms with Crippen LogP contribution in [0.3, 0.4) is 0 Å². The van der Waals surface area contributed by atoms with Crippen LogP contribution in [0.5, 0.6) is 0 Å². The number of nitrogens with zero attached hydrogens (tertiary/aromatic N) is 4. The highest BCUT2D eigenvalue weighted by atomic mass is 32.2.